The second-order valence-electron chi connectivity index (χ2n) is 7.93. The number of hydrogen-bond acceptors (Lipinski definition) is 4. The number of pyridine rings is 1. The van der Waals surface area contributed by atoms with Gasteiger partial charge in [0, 0.05) is 36.9 Å². The summed E-state index contributed by atoms with van der Waals surface area (Å²) in [5.41, 5.74) is 4.49. The van der Waals surface area contributed by atoms with Crippen molar-refractivity contribution in [3.63, 3.8) is 0 Å². The quantitative estimate of drug-likeness (QED) is 0.571. The van der Waals surface area contributed by atoms with Crippen LogP contribution in [-0.2, 0) is 6.42 Å². The lowest BCUT2D eigenvalue weighted by Gasteiger charge is -2.28. The number of benzene rings is 2. The van der Waals surface area contributed by atoms with Crippen molar-refractivity contribution in [2.75, 3.05) is 18.6 Å². The number of anilines is 2. The van der Waals surface area contributed by atoms with Gasteiger partial charge in [0.1, 0.15) is 11.6 Å². The Balaban J connectivity index is 1.53. The van der Waals surface area contributed by atoms with Gasteiger partial charge in [0.05, 0.1) is 12.2 Å². The van der Waals surface area contributed by atoms with Gasteiger partial charge in [-0.1, -0.05) is 12.1 Å². The third kappa shape index (κ3) is 4.38. The summed E-state index contributed by atoms with van der Waals surface area (Å²) in [7, 11) is 1.90. The summed E-state index contributed by atoms with van der Waals surface area (Å²) in [4.78, 5) is 17.5. The Morgan fingerprint density at radius 3 is 2.77 bits per heavy atom. The fourth-order valence-electron chi connectivity index (χ4n) is 4.06. The number of carbonyl (C=O) groups is 1. The summed E-state index contributed by atoms with van der Waals surface area (Å²) in [6.07, 6.45) is 5.50. The van der Waals surface area contributed by atoms with Crippen molar-refractivity contribution in [2.24, 2.45) is 0 Å². The molecule has 2 heterocycles. The number of carboxylic acid groups (broad SMARTS) is 1. The van der Waals surface area contributed by atoms with E-state index < -0.39 is 5.97 Å². The monoisotopic (exact) mass is 420 g/mol. The number of halogens is 1. The molecule has 1 aliphatic rings. The number of aromatic carboxylic acids is 1. The molecule has 0 aliphatic carbocycles. The Bertz CT molecular complexity index is 1120. The lowest BCUT2D eigenvalue weighted by Crippen LogP contribution is -2.17. The highest BCUT2D eigenvalue weighted by Gasteiger charge is 2.23. The van der Waals surface area contributed by atoms with E-state index in [2.05, 4.69) is 11.1 Å². The van der Waals surface area contributed by atoms with Crippen LogP contribution in [0.1, 0.15) is 45.8 Å². The minimum absolute atomic E-state index is 0.227. The van der Waals surface area contributed by atoms with Gasteiger partial charge >= 0.3 is 5.97 Å². The predicted octanol–water partition coefficient (Wildman–Crippen LogP) is 5.49. The molecule has 1 aromatic heterocycles. The Morgan fingerprint density at radius 2 is 2.00 bits per heavy atom. The standard InChI is InChI=1S/C25H25FN2O3/c1-16-3-6-19(13-23(16)26)28(2)20-7-8-21-17(10-12-31-24(21)14-20)4-5-18-15-27-11-9-22(18)25(29)30/h3,6-9,11,13-15,17H,4-5,10,12H2,1-2H3,(H,29,30)/t17-/m1/s1. The first-order valence-corrected chi connectivity index (χ1v) is 10.4. The van der Waals surface area contributed by atoms with Gasteiger partial charge in [0.15, 0.2) is 0 Å². The zero-order chi connectivity index (χ0) is 22.0. The second-order valence-corrected chi connectivity index (χ2v) is 7.93. The van der Waals surface area contributed by atoms with Gasteiger partial charge in [0.25, 0.3) is 0 Å². The van der Waals surface area contributed by atoms with E-state index in [0.717, 1.165) is 41.1 Å². The van der Waals surface area contributed by atoms with E-state index >= 15 is 0 Å². The van der Waals surface area contributed by atoms with Crippen LogP contribution in [0.25, 0.3) is 0 Å². The molecule has 0 amide bonds. The topological polar surface area (TPSA) is 62.7 Å². The molecule has 1 atom stereocenters. The average Bonchev–Trinajstić information content (AvgIpc) is 2.78. The SMILES string of the molecule is Cc1ccc(N(C)c2ccc3c(c2)OCC[C@H]3CCc2cnccc2C(=O)O)cc1F. The van der Waals surface area contributed by atoms with E-state index in [-0.39, 0.29) is 11.7 Å². The summed E-state index contributed by atoms with van der Waals surface area (Å²) in [5.74, 6) is -0.0423. The van der Waals surface area contributed by atoms with Crippen LogP contribution in [0.5, 0.6) is 5.75 Å². The third-order valence-corrected chi connectivity index (χ3v) is 5.99. The first kappa shape index (κ1) is 20.8. The average molecular weight is 420 g/mol. The van der Waals surface area contributed by atoms with Gasteiger partial charge in [-0.2, -0.15) is 0 Å². The normalized spacial score (nSPS) is 15.1. The number of fused-ring (bicyclic) bond motifs is 1. The largest absolute Gasteiger partial charge is 0.493 e. The predicted molar refractivity (Wildman–Crippen MR) is 118 cm³/mol. The molecule has 0 spiro atoms. The molecular formula is C25H25FN2O3. The highest BCUT2D eigenvalue weighted by atomic mass is 19.1. The van der Waals surface area contributed by atoms with Crippen LogP contribution in [0.3, 0.4) is 0 Å². The molecule has 4 rings (SSSR count). The fourth-order valence-corrected chi connectivity index (χ4v) is 4.06. The lowest BCUT2D eigenvalue weighted by atomic mass is 9.87. The number of nitrogens with zero attached hydrogens (tertiary/aromatic N) is 2. The van der Waals surface area contributed by atoms with Gasteiger partial charge in [-0.3, -0.25) is 4.98 Å². The van der Waals surface area contributed by atoms with Crippen LogP contribution in [-0.4, -0.2) is 29.7 Å². The minimum atomic E-state index is -0.926. The summed E-state index contributed by atoms with van der Waals surface area (Å²) in [5, 5.41) is 9.39. The van der Waals surface area contributed by atoms with Gasteiger partial charge < -0.3 is 14.7 Å². The fraction of sp³-hybridized carbons (Fsp3) is 0.280. The molecule has 2 aromatic carbocycles. The molecule has 0 fully saturated rings. The highest BCUT2D eigenvalue weighted by Crippen LogP contribution is 2.39. The molecule has 0 unspecified atom stereocenters. The molecule has 6 heteroatoms. The van der Waals surface area contributed by atoms with Crippen molar-refractivity contribution in [1.29, 1.82) is 0 Å². The van der Waals surface area contributed by atoms with Crippen molar-refractivity contribution in [3.05, 3.63) is 82.9 Å². The Kier molecular flexibility index (Phi) is 5.89. The molecule has 5 nitrogen and oxygen atoms in total. The first-order chi connectivity index (χ1) is 14.9. The Morgan fingerprint density at radius 1 is 1.23 bits per heavy atom. The van der Waals surface area contributed by atoms with Gasteiger partial charge in [-0.15, -0.1) is 0 Å². The van der Waals surface area contributed by atoms with Crippen molar-refractivity contribution < 1.29 is 19.0 Å². The van der Waals surface area contributed by atoms with Crippen molar-refractivity contribution >= 4 is 17.3 Å². The van der Waals surface area contributed by atoms with Crippen molar-refractivity contribution in [1.82, 2.24) is 4.98 Å². The highest BCUT2D eigenvalue weighted by molar-refractivity contribution is 5.89. The number of aromatic nitrogens is 1. The van der Waals surface area contributed by atoms with E-state index in [0.29, 0.717) is 24.2 Å². The molecule has 0 bridgehead atoms. The van der Waals surface area contributed by atoms with Crippen LogP contribution < -0.4 is 9.64 Å². The number of rotatable bonds is 6. The van der Waals surface area contributed by atoms with E-state index in [1.165, 1.54) is 12.3 Å². The van der Waals surface area contributed by atoms with Gasteiger partial charge in [-0.25, -0.2) is 9.18 Å². The van der Waals surface area contributed by atoms with Crippen molar-refractivity contribution in [3.8, 4) is 5.75 Å². The zero-order valence-corrected chi connectivity index (χ0v) is 17.6. The molecular weight excluding hydrogens is 395 g/mol. The van der Waals surface area contributed by atoms with E-state index in [1.807, 2.05) is 30.1 Å². The molecule has 1 aliphatic heterocycles. The number of aryl methyl sites for hydroxylation is 2. The van der Waals surface area contributed by atoms with Gasteiger partial charge in [-0.05, 0) is 73.1 Å². The molecule has 1 N–H and O–H groups in total. The maximum Gasteiger partial charge on any atom is 0.336 e. The lowest BCUT2D eigenvalue weighted by molar-refractivity contribution is 0.0695. The molecule has 0 radical (unpaired) electrons. The van der Waals surface area contributed by atoms with Gasteiger partial charge in [0.2, 0.25) is 0 Å². The van der Waals surface area contributed by atoms with E-state index in [1.54, 1.807) is 25.3 Å². The van der Waals surface area contributed by atoms with Crippen molar-refractivity contribution in [2.45, 2.75) is 32.1 Å². The molecule has 160 valence electrons. The van der Waals surface area contributed by atoms with Crippen LogP contribution in [0.15, 0.2) is 54.9 Å². The maximum atomic E-state index is 14.0. The minimum Gasteiger partial charge on any atom is -0.493 e. The Hall–Kier alpha value is -3.41. The molecule has 0 saturated carbocycles. The smallest absolute Gasteiger partial charge is 0.336 e. The summed E-state index contributed by atoms with van der Waals surface area (Å²) in [6.45, 7) is 2.36. The van der Waals surface area contributed by atoms with Crippen LogP contribution in [0, 0.1) is 12.7 Å². The Labute approximate surface area is 181 Å². The maximum absolute atomic E-state index is 14.0. The van der Waals surface area contributed by atoms with Crippen LogP contribution in [0.2, 0.25) is 0 Å². The molecule has 0 saturated heterocycles. The third-order valence-electron chi connectivity index (χ3n) is 5.99. The van der Waals surface area contributed by atoms with Crippen LogP contribution in [0.4, 0.5) is 15.8 Å². The summed E-state index contributed by atoms with van der Waals surface area (Å²) in [6, 6.07) is 12.8. The zero-order valence-electron chi connectivity index (χ0n) is 17.6. The van der Waals surface area contributed by atoms with E-state index in [9.17, 15) is 14.3 Å². The molecule has 31 heavy (non-hydrogen) atoms. The second kappa shape index (κ2) is 8.76. The number of hydrogen-bond donors (Lipinski definition) is 1. The number of ether oxygens (including phenoxy) is 1. The molecule has 3 aromatic rings. The first-order valence-electron chi connectivity index (χ1n) is 10.4. The number of carboxylic acids is 1. The summed E-state index contributed by atoms with van der Waals surface area (Å²) >= 11 is 0. The summed E-state index contributed by atoms with van der Waals surface area (Å²) < 4.78 is 19.9. The van der Waals surface area contributed by atoms with E-state index in [4.69, 9.17) is 4.74 Å². The van der Waals surface area contributed by atoms with Crippen LogP contribution >= 0.6 is 0 Å².